The van der Waals surface area contributed by atoms with Crippen molar-refractivity contribution in [3.05, 3.63) is 186 Å². The second-order valence-electron chi connectivity index (χ2n) is 21.7. The van der Waals surface area contributed by atoms with Crippen molar-refractivity contribution in [3.8, 4) is 44.5 Å². The van der Waals surface area contributed by atoms with Gasteiger partial charge in [-0.1, -0.05) is 127 Å². The molecule has 10 aliphatic carbocycles. The minimum atomic E-state index is 0.152. The first-order chi connectivity index (χ1) is 31.1. The van der Waals surface area contributed by atoms with Crippen LogP contribution in [-0.2, 0) is 10.8 Å². The highest BCUT2D eigenvalue weighted by molar-refractivity contribution is 5.95. The molecule has 0 N–H and O–H groups in total. The second-order valence-corrected chi connectivity index (χ2v) is 21.7. The van der Waals surface area contributed by atoms with Gasteiger partial charge < -0.3 is 4.90 Å². The molecule has 0 aromatic heterocycles. The van der Waals surface area contributed by atoms with E-state index in [0.29, 0.717) is 0 Å². The SMILES string of the molecule is c1ccc(-c2ccc(N(c3ccc4c(c3)-c3ccccc3C43C4CC5CC(C4)CC3C5)c3ccc4c(c3)-c3ccccc3C43C4CC5CC(C4)CC3C5)c(-c3ccccc3)c2)cc1. The van der Waals surface area contributed by atoms with Crippen molar-refractivity contribution < 1.29 is 0 Å². The predicted molar refractivity (Wildman–Crippen MR) is 259 cm³/mol. The van der Waals surface area contributed by atoms with Crippen LogP contribution in [0.25, 0.3) is 44.5 Å². The maximum absolute atomic E-state index is 2.65. The summed E-state index contributed by atoms with van der Waals surface area (Å²) in [6, 6.07) is 64.1. The van der Waals surface area contributed by atoms with Crippen molar-refractivity contribution >= 4 is 17.1 Å². The van der Waals surface area contributed by atoms with Crippen LogP contribution in [0.5, 0.6) is 0 Å². The maximum Gasteiger partial charge on any atom is 0.0540 e. The molecule has 0 amide bonds. The van der Waals surface area contributed by atoms with Gasteiger partial charge in [-0.15, -0.1) is 0 Å². The average Bonchev–Trinajstić information content (AvgIpc) is 3.78. The fourth-order valence-corrected chi connectivity index (χ4v) is 17.4. The number of fused-ring (bicyclic) bond motifs is 6. The largest absolute Gasteiger partial charge is 0.310 e. The van der Waals surface area contributed by atoms with E-state index in [9.17, 15) is 0 Å². The van der Waals surface area contributed by atoms with Gasteiger partial charge in [0.05, 0.1) is 5.69 Å². The highest BCUT2D eigenvalue weighted by Crippen LogP contribution is 2.71. The van der Waals surface area contributed by atoms with Crippen molar-refractivity contribution in [2.75, 3.05) is 4.90 Å². The third kappa shape index (κ3) is 4.74. The summed E-state index contributed by atoms with van der Waals surface area (Å²) in [5.41, 5.74) is 21.5. The van der Waals surface area contributed by atoms with Gasteiger partial charge in [-0.25, -0.2) is 0 Å². The normalized spacial score (nSPS) is 31.6. The third-order valence-electron chi connectivity index (χ3n) is 19.0. The Labute approximate surface area is 373 Å². The number of hydrogen-bond acceptors (Lipinski definition) is 1. The molecule has 0 radical (unpaired) electrons. The molecule has 8 saturated carbocycles. The standard InChI is InChI=1S/C62H55N/c1-3-11-42(12-4-1)44-19-24-60(53(35-44)43-13-5-2-6-14-43)63(49-20-22-58-54(36-49)51-15-7-9-17-56(51)61(58)45-27-38-25-39(29-45)30-46(61)28-38)50-21-23-59-55(37-50)52-16-8-10-18-57(52)62(59)47-31-40-26-41(33-47)34-48(62)32-40/h1-24,35-41,45-48H,25-34H2. The predicted octanol–water partition coefficient (Wildman–Crippen LogP) is 15.9. The minimum absolute atomic E-state index is 0.152. The second kappa shape index (κ2) is 13.0. The molecule has 17 rings (SSSR count). The van der Waals surface area contributed by atoms with Crippen molar-refractivity contribution in [3.63, 3.8) is 0 Å². The van der Waals surface area contributed by atoms with Gasteiger partial charge in [-0.05, 0) is 209 Å². The van der Waals surface area contributed by atoms with Gasteiger partial charge in [0.25, 0.3) is 0 Å². The molecule has 10 aliphatic rings. The highest BCUT2D eigenvalue weighted by atomic mass is 15.1. The molecular weight excluding hydrogens is 759 g/mol. The fourth-order valence-electron chi connectivity index (χ4n) is 17.4. The average molecular weight is 814 g/mol. The van der Waals surface area contributed by atoms with Crippen molar-refractivity contribution in [1.29, 1.82) is 0 Å². The zero-order valence-corrected chi connectivity index (χ0v) is 36.2. The molecule has 308 valence electrons. The summed E-state index contributed by atoms with van der Waals surface area (Å²) in [5.74, 6) is 6.74. The molecule has 0 aliphatic heterocycles. The van der Waals surface area contributed by atoms with Crippen LogP contribution in [0.15, 0.2) is 164 Å². The quantitative estimate of drug-likeness (QED) is 0.167. The van der Waals surface area contributed by atoms with E-state index in [4.69, 9.17) is 0 Å². The molecule has 8 bridgehead atoms. The molecule has 7 aromatic rings. The molecule has 0 saturated heterocycles. The van der Waals surface area contributed by atoms with Crippen LogP contribution in [0.1, 0.15) is 86.5 Å². The fraction of sp³-hybridized carbons (Fsp3) is 0.323. The molecular formula is C62H55N. The van der Waals surface area contributed by atoms with Crippen LogP contribution in [0.3, 0.4) is 0 Å². The van der Waals surface area contributed by atoms with Gasteiger partial charge in [0.15, 0.2) is 0 Å². The summed E-state index contributed by atoms with van der Waals surface area (Å²) >= 11 is 0. The van der Waals surface area contributed by atoms with Crippen LogP contribution in [0, 0.1) is 47.3 Å². The smallest absolute Gasteiger partial charge is 0.0540 e. The van der Waals surface area contributed by atoms with Gasteiger partial charge in [0.2, 0.25) is 0 Å². The lowest BCUT2D eigenvalue weighted by atomic mass is 9.43. The summed E-state index contributed by atoms with van der Waals surface area (Å²) in [6.07, 6.45) is 14.2. The van der Waals surface area contributed by atoms with Gasteiger partial charge in [0, 0.05) is 27.8 Å². The van der Waals surface area contributed by atoms with E-state index < -0.39 is 0 Å². The lowest BCUT2D eigenvalue weighted by Crippen LogP contribution is -2.55. The lowest BCUT2D eigenvalue weighted by molar-refractivity contribution is -0.0399. The molecule has 1 nitrogen and oxygen atoms in total. The van der Waals surface area contributed by atoms with Gasteiger partial charge >= 0.3 is 0 Å². The van der Waals surface area contributed by atoms with E-state index in [0.717, 1.165) is 47.3 Å². The topological polar surface area (TPSA) is 3.24 Å². The Morgan fingerprint density at radius 1 is 0.302 bits per heavy atom. The first-order valence-electron chi connectivity index (χ1n) is 24.7. The molecule has 1 heteroatoms. The Hall–Kier alpha value is -5.66. The van der Waals surface area contributed by atoms with Crippen molar-refractivity contribution in [1.82, 2.24) is 0 Å². The van der Waals surface area contributed by atoms with Crippen LogP contribution >= 0.6 is 0 Å². The Morgan fingerprint density at radius 2 is 0.714 bits per heavy atom. The van der Waals surface area contributed by atoms with E-state index in [1.807, 2.05) is 0 Å². The first kappa shape index (κ1) is 35.8. The number of hydrogen-bond donors (Lipinski definition) is 0. The molecule has 0 atom stereocenters. The van der Waals surface area contributed by atoms with Gasteiger partial charge in [0.1, 0.15) is 0 Å². The molecule has 2 spiro atoms. The van der Waals surface area contributed by atoms with E-state index in [2.05, 4.69) is 169 Å². The number of benzene rings is 7. The number of rotatable bonds is 5. The Morgan fingerprint density at radius 3 is 1.19 bits per heavy atom. The van der Waals surface area contributed by atoms with E-state index in [-0.39, 0.29) is 10.8 Å². The monoisotopic (exact) mass is 813 g/mol. The summed E-state index contributed by atoms with van der Waals surface area (Å²) in [5, 5.41) is 0. The molecule has 0 heterocycles. The summed E-state index contributed by atoms with van der Waals surface area (Å²) in [6.45, 7) is 0. The summed E-state index contributed by atoms with van der Waals surface area (Å²) < 4.78 is 0. The Bertz CT molecular complexity index is 2790. The molecule has 0 unspecified atom stereocenters. The Kier molecular flexibility index (Phi) is 7.36. The van der Waals surface area contributed by atoms with Crippen molar-refractivity contribution in [2.24, 2.45) is 47.3 Å². The minimum Gasteiger partial charge on any atom is -0.310 e. The number of nitrogens with zero attached hydrogens (tertiary/aromatic N) is 1. The zero-order chi connectivity index (χ0) is 41.0. The van der Waals surface area contributed by atoms with Gasteiger partial charge in [-0.2, -0.15) is 0 Å². The van der Waals surface area contributed by atoms with Crippen LogP contribution < -0.4 is 4.90 Å². The summed E-state index contributed by atoms with van der Waals surface area (Å²) in [7, 11) is 0. The van der Waals surface area contributed by atoms with Crippen molar-refractivity contribution in [2.45, 2.75) is 75.0 Å². The van der Waals surface area contributed by atoms with E-state index >= 15 is 0 Å². The van der Waals surface area contributed by atoms with Crippen LogP contribution in [-0.4, -0.2) is 0 Å². The molecule has 63 heavy (non-hydrogen) atoms. The first-order valence-corrected chi connectivity index (χ1v) is 24.7. The zero-order valence-electron chi connectivity index (χ0n) is 36.2. The molecule has 7 aromatic carbocycles. The summed E-state index contributed by atoms with van der Waals surface area (Å²) in [4.78, 5) is 2.65. The lowest BCUT2D eigenvalue weighted by Gasteiger charge is -2.61. The molecule has 8 fully saturated rings. The van der Waals surface area contributed by atoms with Crippen LogP contribution in [0.4, 0.5) is 17.1 Å². The van der Waals surface area contributed by atoms with Gasteiger partial charge in [-0.3, -0.25) is 0 Å². The third-order valence-corrected chi connectivity index (χ3v) is 19.0. The Balaban J connectivity index is 0.960. The van der Waals surface area contributed by atoms with E-state index in [1.165, 1.54) is 126 Å². The van der Waals surface area contributed by atoms with E-state index in [1.54, 1.807) is 22.3 Å². The number of anilines is 3. The highest BCUT2D eigenvalue weighted by Gasteiger charge is 2.63. The maximum atomic E-state index is 2.65. The van der Waals surface area contributed by atoms with Crippen LogP contribution in [0.2, 0.25) is 0 Å².